The van der Waals surface area contributed by atoms with Crippen molar-refractivity contribution in [3.8, 4) is 6.07 Å². The molecule has 0 saturated carbocycles. The molecular formula is C18H20N2O. The zero-order valence-electron chi connectivity index (χ0n) is 12.5. The highest BCUT2D eigenvalue weighted by Crippen LogP contribution is 2.20. The van der Waals surface area contributed by atoms with E-state index >= 15 is 0 Å². The molecule has 0 atom stereocenters. The molecule has 3 heteroatoms. The average molecular weight is 280 g/mol. The van der Waals surface area contributed by atoms with Crippen LogP contribution in [0.5, 0.6) is 0 Å². The molecule has 0 spiro atoms. The van der Waals surface area contributed by atoms with E-state index < -0.39 is 5.54 Å². The van der Waals surface area contributed by atoms with E-state index in [1.807, 2.05) is 56.3 Å². The Bertz CT molecular complexity index is 676. The Kier molecular flexibility index (Phi) is 4.59. The Morgan fingerprint density at radius 1 is 1.14 bits per heavy atom. The molecule has 0 aliphatic rings. The van der Waals surface area contributed by atoms with Crippen molar-refractivity contribution in [2.75, 3.05) is 0 Å². The number of benzene rings is 2. The number of rotatable bonds is 5. The summed E-state index contributed by atoms with van der Waals surface area (Å²) in [4.78, 5) is 12.3. The predicted octanol–water partition coefficient (Wildman–Crippen LogP) is 3.58. The fraction of sp³-hybridized carbons (Fsp3) is 0.333. The summed E-state index contributed by atoms with van der Waals surface area (Å²) in [5, 5.41) is 14.4. The van der Waals surface area contributed by atoms with Gasteiger partial charge in [-0.3, -0.25) is 4.79 Å². The number of nitrogens with zero attached hydrogens (tertiary/aromatic N) is 1. The van der Waals surface area contributed by atoms with Crippen molar-refractivity contribution in [2.24, 2.45) is 0 Å². The monoisotopic (exact) mass is 280 g/mol. The summed E-state index contributed by atoms with van der Waals surface area (Å²) in [5.74, 6) is -0.100. The first-order chi connectivity index (χ1) is 10.1. The molecule has 0 fully saturated rings. The maximum atomic E-state index is 12.3. The van der Waals surface area contributed by atoms with E-state index in [-0.39, 0.29) is 5.91 Å². The van der Waals surface area contributed by atoms with E-state index in [1.54, 1.807) is 0 Å². The molecule has 0 aliphatic carbocycles. The van der Waals surface area contributed by atoms with Crippen molar-refractivity contribution >= 4 is 16.7 Å². The second kappa shape index (κ2) is 6.41. The van der Waals surface area contributed by atoms with Gasteiger partial charge in [-0.25, -0.2) is 0 Å². The summed E-state index contributed by atoms with van der Waals surface area (Å²) < 4.78 is 0. The number of hydrogen-bond donors (Lipinski definition) is 1. The van der Waals surface area contributed by atoms with Crippen molar-refractivity contribution in [2.45, 2.75) is 38.6 Å². The van der Waals surface area contributed by atoms with Crippen molar-refractivity contribution in [3.05, 3.63) is 48.0 Å². The smallest absolute Gasteiger partial charge is 0.225 e. The van der Waals surface area contributed by atoms with Crippen molar-refractivity contribution in [3.63, 3.8) is 0 Å². The van der Waals surface area contributed by atoms with Crippen molar-refractivity contribution < 1.29 is 4.79 Å². The third-order valence-electron chi connectivity index (χ3n) is 4.03. The number of amides is 1. The van der Waals surface area contributed by atoms with Crippen LogP contribution in [0.15, 0.2) is 42.5 Å². The number of nitriles is 1. The Labute approximate surface area is 125 Å². The highest BCUT2D eigenvalue weighted by molar-refractivity contribution is 5.90. The lowest BCUT2D eigenvalue weighted by atomic mass is 9.94. The van der Waals surface area contributed by atoms with Crippen LogP contribution >= 0.6 is 0 Å². The largest absolute Gasteiger partial charge is 0.338 e. The van der Waals surface area contributed by atoms with E-state index in [2.05, 4.69) is 11.4 Å². The zero-order valence-corrected chi connectivity index (χ0v) is 12.5. The standard InChI is InChI=1S/C18H20N2O/c1-3-18(4-2,13-19)20-17(21)12-15-10-7-9-14-8-5-6-11-16(14)15/h5-11H,3-4,12H2,1-2H3,(H,20,21). The predicted molar refractivity (Wildman–Crippen MR) is 84.7 cm³/mol. The average Bonchev–Trinajstić information content (AvgIpc) is 2.53. The lowest BCUT2D eigenvalue weighted by Crippen LogP contribution is -2.47. The van der Waals surface area contributed by atoms with Crippen LogP contribution in [-0.4, -0.2) is 11.4 Å². The molecule has 0 aliphatic heterocycles. The first-order valence-corrected chi connectivity index (χ1v) is 7.33. The van der Waals surface area contributed by atoms with Crippen LogP contribution in [0.1, 0.15) is 32.3 Å². The quantitative estimate of drug-likeness (QED) is 0.910. The first kappa shape index (κ1) is 15.1. The van der Waals surface area contributed by atoms with Crippen LogP contribution in [0.25, 0.3) is 10.8 Å². The summed E-state index contributed by atoms with van der Waals surface area (Å²) >= 11 is 0. The molecular weight excluding hydrogens is 260 g/mol. The zero-order chi connectivity index (χ0) is 15.3. The second-order valence-corrected chi connectivity index (χ2v) is 5.26. The van der Waals surface area contributed by atoms with Gasteiger partial charge in [-0.1, -0.05) is 56.3 Å². The summed E-state index contributed by atoms with van der Waals surface area (Å²) in [7, 11) is 0. The number of hydrogen-bond acceptors (Lipinski definition) is 2. The number of carbonyl (C=O) groups is 1. The van der Waals surface area contributed by atoms with Gasteiger partial charge in [0.15, 0.2) is 0 Å². The van der Waals surface area contributed by atoms with E-state index in [4.69, 9.17) is 0 Å². The summed E-state index contributed by atoms with van der Waals surface area (Å²) in [6.45, 7) is 3.84. The molecule has 1 N–H and O–H groups in total. The van der Waals surface area contributed by atoms with Crippen LogP contribution in [0.2, 0.25) is 0 Å². The van der Waals surface area contributed by atoms with Gasteiger partial charge in [0.25, 0.3) is 0 Å². The van der Waals surface area contributed by atoms with Gasteiger partial charge in [-0.05, 0) is 29.2 Å². The summed E-state index contributed by atoms with van der Waals surface area (Å²) in [6, 6.07) is 16.2. The second-order valence-electron chi connectivity index (χ2n) is 5.26. The van der Waals surface area contributed by atoms with Crippen LogP contribution in [0, 0.1) is 11.3 Å². The highest BCUT2D eigenvalue weighted by Gasteiger charge is 2.27. The molecule has 2 aromatic rings. The molecule has 108 valence electrons. The van der Waals surface area contributed by atoms with Gasteiger partial charge in [-0.15, -0.1) is 0 Å². The van der Waals surface area contributed by atoms with Crippen molar-refractivity contribution in [1.82, 2.24) is 5.32 Å². The Morgan fingerprint density at radius 3 is 2.48 bits per heavy atom. The Hall–Kier alpha value is -2.34. The minimum absolute atomic E-state index is 0.100. The molecule has 0 radical (unpaired) electrons. The number of fused-ring (bicyclic) bond motifs is 1. The first-order valence-electron chi connectivity index (χ1n) is 7.33. The number of carbonyl (C=O) groups excluding carboxylic acids is 1. The lowest BCUT2D eigenvalue weighted by Gasteiger charge is -2.25. The fourth-order valence-electron chi connectivity index (χ4n) is 2.54. The van der Waals surface area contributed by atoms with E-state index in [0.29, 0.717) is 19.3 Å². The van der Waals surface area contributed by atoms with Gasteiger partial charge in [0.05, 0.1) is 12.5 Å². The topological polar surface area (TPSA) is 52.9 Å². The molecule has 0 saturated heterocycles. The van der Waals surface area contributed by atoms with Gasteiger partial charge >= 0.3 is 0 Å². The molecule has 0 unspecified atom stereocenters. The molecule has 2 aromatic carbocycles. The maximum Gasteiger partial charge on any atom is 0.225 e. The van der Waals surface area contributed by atoms with Gasteiger partial charge in [0.2, 0.25) is 5.91 Å². The van der Waals surface area contributed by atoms with Crippen LogP contribution in [-0.2, 0) is 11.2 Å². The Balaban J connectivity index is 2.21. The van der Waals surface area contributed by atoms with E-state index in [9.17, 15) is 10.1 Å². The highest BCUT2D eigenvalue weighted by atomic mass is 16.1. The SMILES string of the molecule is CCC(C#N)(CC)NC(=O)Cc1cccc2ccccc12. The third-order valence-corrected chi connectivity index (χ3v) is 4.03. The molecule has 0 bridgehead atoms. The normalized spacial score (nSPS) is 11.1. The summed E-state index contributed by atoms with van der Waals surface area (Å²) in [6.07, 6.45) is 1.52. The molecule has 3 nitrogen and oxygen atoms in total. The minimum atomic E-state index is -0.748. The maximum absolute atomic E-state index is 12.3. The van der Waals surface area contributed by atoms with E-state index in [1.165, 1.54) is 0 Å². The lowest BCUT2D eigenvalue weighted by molar-refractivity contribution is -0.121. The molecule has 1 amide bonds. The summed E-state index contributed by atoms with van der Waals surface area (Å²) in [5.41, 5.74) is 0.242. The fourth-order valence-corrected chi connectivity index (χ4v) is 2.54. The van der Waals surface area contributed by atoms with Crippen LogP contribution in [0.3, 0.4) is 0 Å². The van der Waals surface area contributed by atoms with Crippen molar-refractivity contribution in [1.29, 1.82) is 5.26 Å². The Morgan fingerprint density at radius 2 is 1.81 bits per heavy atom. The van der Waals surface area contributed by atoms with Crippen LogP contribution in [0.4, 0.5) is 0 Å². The van der Waals surface area contributed by atoms with Crippen LogP contribution < -0.4 is 5.32 Å². The van der Waals surface area contributed by atoms with Gasteiger partial charge in [0.1, 0.15) is 5.54 Å². The molecule has 2 rings (SSSR count). The minimum Gasteiger partial charge on any atom is -0.338 e. The third kappa shape index (κ3) is 3.22. The molecule has 21 heavy (non-hydrogen) atoms. The number of nitrogens with one attached hydrogen (secondary N) is 1. The molecule has 0 heterocycles. The van der Waals surface area contributed by atoms with Gasteiger partial charge in [-0.2, -0.15) is 5.26 Å². The van der Waals surface area contributed by atoms with Gasteiger partial charge in [0, 0.05) is 0 Å². The van der Waals surface area contributed by atoms with Gasteiger partial charge < -0.3 is 5.32 Å². The molecule has 0 aromatic heterocycles. The van der Waals surface area contributed by atoms with E-state index in [0.717, 1.165) is 16.3 Å².